The summed E-state index contributed by atoms with van der Waals surface area (Å²) in [6.45, 7) is 4.97. The van der Waals surface area contributed by atoms with Gasteiger partial charge in [0.25, 0.3) is 0 Å². The van der Waals surface area contributed by atoms with Crippen LogP contribution in [0.1, 0.15) is 37.7 Å². The zero-order valence-electron chi connectivity index (χ0n) is 12.5. The van der Waals surface area contributed by atoms with Crippen LogP contribution < -0.4 is 0 Å². The number of likely N-dealkylation sites (tertiary alicyclic amines) is 1. The molecule has 0 saturated carbocycles. The number of rotatable bonds is 3. The molecule has 1 aromatic carbocycles. The lowest BCUT2D eigenvalue weighted by Gasteiger charge is -2.39. The van der Waals surface area contributed by atoms with Crippen molar-refractivity contribution in [2.45, 2.75) is 43.0 Å². The largest absolute Gasteiger partial charge is 0.300 e. The molecule has 0 aliphatic carbocycles. The molecule has 3 rings (SSSR count). The molecule has 112 valence electrons. The average molecular weight is 301 g/mol. The van der Waals surface area contributed by atoms with Gasteiger partial charge >= 0.3 is 0 Å². The number of hydrogen-bond donors (Lipinski definition) is 0. The van der Waals surface area contributed by atoms with Crippen LogP contribution in [0.15, 0.2) is 29.2 Å². The van der Waals surface area contributed by atoms with E-state index >= 15 is 0 Å². The lowest BCUT2D eigenvalue weighted by Crippen LogP contribution is -2.45. The molecule has 0 N–H and O–H groups in total. The van der Waals surface area contributed by atoms with Gasteiger partial charge in [0.15, 0.2) is 0 Å². The Balaban J connectivity index is 1.47. The number of piperidine rings is 2. The number of hydrogen-bond acceptors (Lipinski definition) is 4. The first-order chi connectivity index (χ1) is 10.3. The standard InChI is InChI=1S/C17H23N3S/c18-14-15-4-6-17(7-5-15)21-20-12-8-16(9-13-20)19-10-2-1-3-11-19/h4-7,16H,1-3,8-13H2. The Labute approximate surface area is 132 Å². The minimum absolute atomic E-state index is 0.739. The summed E-state index contributed by atoms with van der Waals surface area (Å²) in [5.41, 5.74) is 0.739. The SMILES string of the molecule is N#Cc1ccc(SN2CCC(N3CCCCC3)CC2)cc1. The zero-order chi connectivity index (χ0) is 14.5. The second kappa shape index (κ2) is 7.31. The maximum absolute atomic E-state index is 8.83. The summed E-state index contributed by atoms with van der Waals surface area (Å²) in [5.74, 6) is 0. The van der Waals surface area contributed by atoms with Crippen LogP contribution in [0.2, 0.25) is 0 Å². The van der Waals surface area contributed by atoms with Crippen molar-refractivity contribution in [3.63, 3.8) is 0 Å². The van der Waals surface area contributed by atoms with E-state index in [-0.39, 0.29) is 0 Å². The second-order valence-corrected chi connectivity index (χ2v) is 7.15. The first kappa shape index (κ1) is 14.9. The third-order valence-corrected chi connectivity index (χ3v) is 5.65. The van der Waals surface area contributed by atoms with Crippen molar-refractivity contribution in [2.24, 2.45) is 0 Å². The third kappa shape index (κ3) is 4.00. The number of nitrogens with zero attached hydrogens (tertiary/aromatic N) is 3. The molecular weight excluding hydrogens is 278 g/mol. The van der Waals surface area contributed by atoms with Crippen LogP contribution in [0, 0.1) is 11.3 Å². The minimum atomic E-state index is 0.739. The van der Waals surface area contributed by atoms with Crippen LogP contribution in [0.25, 0.3) is 0 Å². The highest BCUT2D eigenvalue weighted by molar-refractivity contribution is 7.97. The molecule has 0 spiro atoms. The lowest BCUT2D eigenvalue weighted by atomic mass is 10.0. The predicted octanol–water partition coefficient (Wildman–Crippen LogP) is 3.52. The van der Waals surface area contributed by atoms with Crippen molar-refractivity contribution in [3.8, 4) is 6.07 Å². The number of nitriles is 1. The van der Waals surface area contributed by atoms with Gasteiger partial charge in [0, 0.05) is 24.0 Å². The Bertz CT molecular complexity index is 480. The second-order valence-electron chi connectivity index (χ2n) is 5.98. The van der Waals surface area contributed by atoms with E-state index in [1.54, 1.807) is 0 Å². The fourth-order valence-corrected chi connectivity index (χ4v) is 4.27. The van der Waals surface area contributed by atoms with Gasteiger partial charge in [-0.3, -0.25) is 0 Å². The van der Waals surface area contributed by atoms with Crippen LogP contribution in [-0.2, 0) is 0 Å². The highest BCUT2D eigenvalue weighted by Crippen LogP contribution is 2.28. The summed E-state index contributed by atoms with van der Waals surface area (Å²) in [7, 11) is 0. The van der Waals surface area contributed by atoms with E-state index in [1.807, 2.05) is 24.1 Å². The van der Waals surface area contributed by atoms with E-state index in [2.05, 4.69) is 27.4 Å². The van der Waals surface area contributed by atoms with Crippen molar-refractivity contribution in [1.82, 2.24) is 9.21 Å². The molecule has 0 atom stereocenters. The van der Waals surface area contributed by atoms with Gasteiger partial charge in [0.05, 0.1) is 11.6 Å². The first-order valence-electron chi connectivity index (χ1n) is 8.02. The molecule has 0 aromatic heterocycles. The van der Waals surface area contributed by atoms with Crippen molar-refractivity contribution >= 4 is 11.9 Å². The van der Waals surface area contributed by atoms with Gasteiger partial charge in [-0.25, -0.2) is 4.31 Å². The molecule has 2 saturated heterocycles. The lowest BCUT2D eigenvalue weighted by molar-refractivity contribution is 0.120. The molecule has 2 heterocycles. The molecule has 4 heteroatoms. The average Bonchev–Trinajstić information content (AvgIpc) is 2.57. The molecule has 2 fully saturated rings. The first-order valence-corrected chi connectivity index (χ1v) is 8.79. The monoisotopic (exact) mass is 301 g/mol. The van der Waals surface area contributed by atoms with Gasteiger partial charge < -0.3 is 4.90 Å². The van der Waals surface area contributed by atoms with Gasteiger partial charge in [0.2, 0.25) is 0 Å². The molecule has 2 aliphatic rings. The van der Waals surface area contributed by atoms with E-state index in [9.17, 15) is 0 Å². The fraction of sp³-hybridized carbons (Fsp3) is 0.588. The molecule has 21 heavy (non-hydrogen) atoms. The highest BCUT2D eigenvalue weighted by Gasteiger charge is 2.25. The third-order valence-electron chi connectivity index (χ3n) is 4.55. The predicted molar refractivity (Wildman–Crippen MR) is 87.0 cm³/mol. The molecule has 0 amide bonds. The molecule has 0 bridgehead atoms. The zero-order valence-corrected chi connectivity index (χ0v) is 13.3. The molecule has 0 radical (unpaired) electrons. The van der Waals surface area contributed by atoms with E-state index in [0.29, 0.717) is 0 Å². The normalized spacial score (nSPS) is 22.0. The van der Waals surface area contributed by atoms with Gasteiger partial charge in [0.1, 0.15) is 0 Å². The maximum atomic E-state index is 8.83. The molecular formula is C17H23N3S. The van der Waals surface area contributed by atoms with Gasteiger partial charge in [-0.2, -0.15) is 5.26 Å². The Morgan fingerprint density at radius 2 is 1.62 bits per heavy atom. The quantitative estimate of drug-likeness (QED) is 0.799. The Morgan fingerprint density at radius 1 is 0.952 bits per heavy atom. The summed E-state index contributed by atoms with van der Waals surface area (Å²) in [5, 5.41) is 8.83. The topological polar surface area (TPSA) is 30.3 Å². The van der Waals surface area contributed by atoms with E-state index < -0.39 is 0 Å². The number of benzene rings is 1. The molecule has 1 aromatic rings. The summed E-state index contributed by atoms with van der Waals surface area (Å²) in [6, 6.07) is 10.9. The van der Waals surface area contributed by atoms with Crippen LogP contribution in [-0.4, -0.2) is 41.4 Å². The Morgan fingerprint density at radius 3 is 2.24 bits per heavy atom. The summed E-state index contributed by atoms with van der Waals surface area (Å²) in [6.07, 6.45) is 6.79. The Hall–Kier alpha value is -1.02. The molecule has 2 aliphatic heterocycles. The smallest absolute Gasteiger partial charge is 0.0991 e. The van der Waals surface area contributed by atoms with E-state index in [0.717, 1.165) is 11.6 Å². The van der Waals surface area contributed by atoms with Gasteiger partial charge in [-0.15, -0.1) is 0 Å². The van der Waals surface area contributed by atoms with Crippen LogP contribution >= 0.6 is 11.9 Å². The maximum Gasteiger partial charge on any atom is 0.0991 e. The minimum Gasteiger partial charge on any atom is -0.300 e. The van der Waals surface area contributed by atoms with Crippen molar-refractivity contribution < 1.29 is 0 Å². The van der Waals surface area contributed by atoms with Crippen molar-refractivity contribution in [1.29, 1.82) is 5.26 Å². The van der Waals surface area contributed by atoms with Gasteiger partial charge in [-0.05, 0) is 75.0 Å². The van der Waals surface area contributed by atoms with Crippen molar-refractivity contribution in [3.05, 3.63) is 29.8 Å². The highest BCUT2D eigenvalue weighted by atomic mass is 32.2. The van der Waals surface area contributed by atoms with Crippen LogP contribution in [0.4, 0.5) is 0 Å². The molecule has 0 unspecified atom stereocenters. The summed E-state index contributed by atoms with van der Waals surface area (Å²) >= 11 is 1.84. The summed E-state index contributed by atoms with van der Waals surface area (Å²) in [4.78, 5) is 3.96. The van der Waals surface area contributed by atoms with Crippen molar-refractivity contribution in [2.75, 3.05) is 26.2 Å². The van der Waals surface area contributed by atoms with E-state index in [1.165, 1.54) is 63.2 Å². The Kier molecular flexibility index (Phi) is 5.18. The van der Waals surface area contributed by atoms with Crippen LogP contribution in [0.5, 0.6) is 0 Å². The van der Waals surface area contributed by atoms with E-state index in [4.69, 9.17) is 5.26 Å². The van der Waals surface area contributed by atoms with Crippen LogP contribution in [0.3, 0.4) is 0 Å². The molecule has 3 nitrogen and oxygen atoms in total. The summed E-state index contributed by atoms with van der Waals surface area (Å²) < 4.78 is 2.47. The van der Waals surface area contributed by atoms with Gasteiger partial charge in [-0.1, -0.05) is 6.42 Å². The fourth-order valence-electron chi connectivity index (χ4n) is 3.32.